The van der Waals surface area contributed by atoms with Crippen LogP contribution in [0.1, 0.15) is 49.1 Å². The fourth-order valence-corrected chi connectivity index (χ4v) is 4.53. The highest BCUT2D eigenvalue weighted by atomic mass is 32.1. The number of aromatic amines is 1. The fourth-order valence-electron chi connectivity index (χ4n) is 4.20. The monoisotopic (exact) mass is 464 g/mol. The summed E-state index contributed by atoms with van der Waals surface area (Å²) in [5.74, 6) is 0. The predicted octanol–water partition coefficient (Wildman–Crippen LogP) is 4.92. The van der Waals surface area contributed by atoms with Gasteiger partial charge < -0.3 is 20.1 Å². The number of rotatable bonds is 9. The van der Waals surface area contributed by atoms with E-state index in [1.807, 2.05) is 37.3 Å². The molecule has 2 aromatic carbocycles. The molecule has 1 aromatic heterocycles. The number of aromatic nitrogens is 1. The van der Waals surface area contributed by atoms with Crippen LogP contribution in [0.25, 0.3) is 10.9 Å². The van der Waals surface area contributed by atoms with Crippen LogP contribution in [-0.4, -0.2) is 46.1 Å². The molecule has 33 heavy (non-hydrogen) atoms. The molecule has 176 valence electrons. The van der Waals surface area contributed by atoms with E-state index in [1.165, 1.54) is 5.56 Å². The lowest BCUT2D eigenvalue weighted by atomic mass is 10.0. The maximum atomic E-state index is 13.0. The summed E-state index contributed by atoms with van der Waals surface area (Å²) in [6.45, 7) is 14.7. The molecule has 2 N–H and O–H groups in total. The van der Waals surface area contributed by atoms with Gasteiger partial charge in [-0.1, -0.05) is 50.2 Å². The minimum absolute atomic E-state index is 0.0563. The Hall–Kier alpha value is -2.70. The van der Waals surface area contributed by atoms with Gasteiger partial charge in [-0.3, -0.25) is 4.79 Å². The maximum absolute atomic E-state index is 13.0. The number of pyridine rings is 1. The maximum Gasteiger partial charge on any atom is 0.253 e. The van der Waals surface area contributed by atoms with Gasteiger partial charge in [0.15, 0.2) is 5.11 Å². The van der Waals surface area contributed by atoms with Crippen molar-refractivity contribution in [3.8, 4) is 0 Å². The summed E-state index contributed by atoms with van der Waals surface area (Å²) in [7, 11) is 0. The van der Waals surface area contributed by atoms with Crippen molar-refractivity contribution in [1.29, 1.82) is 0 Å². The van der Waals surface area contributed by atoms with E-state index in [0.717, 1.165) is 53.8 Å². The number of hydrogen-bond acceptors (Lipinski definition) is 3. The highest BCUT2D eigenvalue weighted by Gasteiger charge is 2.17. The first kappa shape index (κ1) is 24.9. The molecular weight excluding hydrogens is 428 g/mol. The summed E-state index contributed by atoms with van der Waals surface area (Å²) in [5, 5.41) is 5.22. The number of thiocarbonyl (C=S) groups is 1. The Balaban J connectivity index is 1.86. The quantitative estimate of drug-likeness (QED) is 0.440. The average molecular weight is 465 g/mol. The second-order valence-electron chi connectivity index (χ2n) is 8.70. The molecule has 3 rings (SSSR count). The third-order valence-electron chi connectivity index (χ3n) is 6.26. The van der Waals surface area contributed by atoms with E-state index in [1.54, 1.807) is 0 Å². The van der Waals surface area contributed by atoms with Crippen molar-refractivity contribution >= 4 is 28.2 Å². The fraction of sp³-hybridized carbons (Fsp3) is 0.407. The zero-order chi connectivity index (χ0) is 24.0. The van der Waals surface area contributed by atoms with Crippen LogP contribution in [0.5, 0.6) is 0 Å². The lowest BCUT2D eigenvalue weighted by Gasteiger charge is -2.30. The van der Waals surface area contributed by atoms with Gasteiger partial charge in [-0.05, 0) is 74.9 Å². The van der Waals surface area contributed by atoms with Crippen LogP contribution in [0.3, 0.4) is 0 Å². The van der Waals surface area contributed by atoms with E-state index in [0.29, 0.717) is 11.7 Å². The standard InChI is InChI=1S/C27H36N4OS/c1-6-30(7-2)13-14-31(27(33)28-21(5)22-11-9-8-10-12-22)18-23-17-24-20(4)15-19(3)16-25(24)29-26(23)32/h8-12,15-17,21H,6-7,13-14,18H2,1-5H3,(H,28,33)(H,29,32). The largest absolute Gasteiger partial charge is 0.356 e. The van der Waals surface area contributed by atoms with Gasteiger partial charge in [-0.25, -0.2) is 0 Å². The summed E-state index contributed by atoms with van der Waals surface area (Å²) in [4.78, 5) is 20.5. The molecule has 1 heterocycles. The SMILES string of the molecule is CCN(CC)CCN(Cc1cc2c(C)cc(C)cc2[nH]c1=O)C(=S)NC(C)c1ccccc1. The first-order valence-corrected chi connectivity index (χ1v) is 12.2. The van der Waals surface area contributed by atoms with E-state index in [2.05, 4.69) is 66.0 Å². The Morgan fingerprint density at radius 3 is 2.42 bits per heavy atom. The Kier molecular flexibility index (Phi) is 8.64. The highest BCUT2D eigenvalue weighted by Crippen LogP contribution is 2.19. The second kappa shape index (κ2) is 11.4. The predicted molar refractivity (Wildman–Crippen MR) is 143 cm³/mol. The molecule has 0 aliphatic carbocycles. The molecular formula is C27H36N4OS. The van der Waals surface area contributed by atoms with Gasteiger partial charge in [-0.15, -0.1) is 0 Å². The Labute approximate surface area is 202 Å². The molecule has 3 aromatic rings. The van der Waals surface area contributed by atoms with Crippen LogP contribution in [0.15, 0.2) is 53.3 Å². The van der Waals surface area contributed by atoms with Gasteiger partial charge in [0.2, 0.25) is 0 Å². The van der Waals surface area contributed by atoms with Crippen molar-refractivity contribution in [3.05, 3.63) is 81.1 Å². The third-order valence-corrected chi connectivity index (χ3v) is 6.63. The lowest BCUT2D eigenvalue weighted by molar-refractivity contribution is 0.262. The molecule has 0 aliphatic rings. The highest BCUT2D eigenvalue weighted by molar-refractivity contribution is 7.80. The van der Waals surface area contributed by atoms with E-state index in [-0.39, 0.29) is 11.6 Å². The Bertz CT molecular complexity index is 1140. The number of fused-ring (bicyclic) bond motifs is 1. The number of likely N-dealkylation sites (N-methyl/N-ethyl adjacent to an activating group) is 1. The number of nitrogens with zero attached hydrogens (tertiary/aromatic N) is 2. The second-order valence-corrected chi connectivity index (χ2v) is 9.08. The zero-order valence-electron chi connectivity index (χ0n) is 20.4. The third kappa shape index (κ3) is 6.42. The van der Waals surface area contributed by atoms with E-state index in [4.69, 9.17) is 12.2 Å². The summed E-state index contributed by atoms with van der Waals surface area (Å²) >= 11 is 5.84. The molecule has 0 amide bonds. The summed E-state index contributed by atoms with van der Waals surface area (Å²) < 4.78 is 0. The van der Waals surface area contributed by atoms with Gasteiger partial charge in [0.05, 0.1) is 12.6 Å². The number of hydrogen-bond donors (Lipinski definition) is 2. The van der Waals surface area contributed by atoms with Crippen LogP contribution < -0.4 is 10.9 Å². The van der Waals surface area contributed by atoms with E-state index in [9.17, 15) is 4.79 Å². The van der Waals surface area contributed by atoms with Crippen molar-refractivity contribution in [2.75, 3.05) is 26.2 Å². The normalized spacial score (nSPS) is 12.2. The van der Waals surface area contributed by atoms with Gasteiger partial charge in [0.1, 0.15) is 0 Å². The van der Waals surface area contributed by atoms with Crippen LogP contribution in [0, 0.1) is 13.8 Å². The van der Waals surface area contributed by atoms with Crippen LogP contribution in [-0.2, 0) is 6.54 Å². The summed E-state index contributed by atoms with van der Waals surface area (Å²) in [6.07, 6.45) is 0. The molecule has 1 unspecified atom stereocenters. The van der Waals surface area contributed by atoms with Crippen molar-refractivity contribution in [3.63, 3.8) is 0 Å². The molecule has 5 nitrogen and oxygen atoms in total. The van der Waals surface area contributed by atoms with E-state index >= 15 is 0 Å². The van der Waals surface area contributed by atoms with Crippen LogP contribution in [0.4, 0.5) is 0 Å². The smallest absolute Gasteiger partial charge is 0.253 e. The first-order chi connectivity index (χ1) is 15.8. The topological polar surface area (TPSA) is 51.4 Å². The first-order valence-electron chi connectivity index (χ1n) is 11.8. The molecule has 0 spiro atoms. The molecule has 0 saturated carbocycles. The lowest BCUT2D eigenvalue weighted by Crippen LogP contribution is -2.44. The van der Waals surface area contributed by atoms with Crippen molar-refractivity contribution in [2.24, 2.45) is 0 Å². The Morgan fingerprint density at radius 2 is 1.76 bits per heavy atom. The molecule has 0 aliphatic heterocycles. The molecule has 0 radical (unpaired) electrons. The van der Waals surface area contributed by atoms with Crippen LogP contribution >= 0.6 is 12.2 Å². The zero-order valence-corrected chi connectivity index (χ0v) is 21.3. The van der Waals surface area contributed by atoms with Gasteiger partial charge in [0.25, 0.3) is 5.56 Å². The Morgan fingerprint density at radius 1 is 1.06 bits per heavy atom. The number of aryl methyl sites for hydroxylation is 2. The van der Waals surface area contributed by atoms with E-state index < -0.39 is 0 Å². The molecule has 1 atom stereocenters. The van der Waals surface area contributed by atoms with Crippen molar-refractivity contribution in [2.45, 2.75) is 47.2 Å². The minimum atomic E-state index is -0.0563. The number of H-pyrrole nitrogens is 1. The van der Waals surface area contributed by atoms with Crippen molar-refractivity contribution in [1.82, 2.24) is 20.1 Å². The molecule has 6 heteroatoms. The van der Waals surface area contributed by atoms with Gasteiger partial charge >= 0.3 is 0 Å². The van der Waals surface area contributed by atoms with Crippen LogP contribution in [0.2, 0.25) is 0 Å². The average Bonchev–Trinajstić information content (AvgIpc) is 2.79. The van der Waals surface area contributed by atoms with Gasteiger partial charge in [-0.2, -0.15) is 0 Å². The van der Waals surface area contributed by atoms with Crippen molar-refractivity contribution < 1.29 is 0 Å². The number of nitrogens with one attached hydrogen (secondary N) is 2. The summed E-state index contributed by atoms with van der Waals surface area (Å²) in [6, 6.07) is 16.6. The molecule has 0 saturated heterocycles. The van der Waals surface area contributed by atoms with Gasteiger partial charge in [0, 0.05) is 29.6 Å². The summed E-state index contributed by atoms with van der Waals surface area (Å²) in [5.41, 5.74) is 5.04. The number of benzene rings is 2. The molecule has 0 bridgehead atoms. The minimum Gasteiger partial charge on any atom is -0.356 e. The molecule has 0 fully saturated rings.